The molecule has 1 aromatic carbocycles. The predicted molar refractivity (Wildman–Crippen MR) is 107 cm³/mol. The van der Waals surface area contributed by atoms with E-state index in [9.17, 15) is 4.79 Å². The van der Waals surface area contributed by atoms with E-state index in [1.54, 1.807) is 19.3 Å². The van der Waals surface area contributed by atoms with Gasteiger partial charge in [0.2, 0.25) is 5.88 Å². The second-order valence-corrected chi connectivity index (χ2v) is 6.66. The largest absolute Gasteiger partial charge is 0.476 e. The molecular formula is C22H22N4O3. The van der Waals surface area contributed by atoms with Gasteiger partial charge in [0.25, 0.3) is 0 Å². The fourth-order valence-corrected chi connectivity index (χ4v) is 3.57. The van der Waals surface area contributed by atoms with Gasteiger partial charge in [-0.25, -0.2) is 14.8 Å². The first kappa shape index (κ1) is 19.0. The lowest BCUT2D eigenvalue weighted by atomic mass is 9.99. The summed E-state index contributed by atoms with van der Waals surface area (Å²) in [5, 5.41) is 0. The zero-order valence-electron chi connectivity index (χ0n) is 16.2. The van der Waals surface area contributed by atoms with Crippen molar-refractivity contribution in [2.24, 2.45) is 0 Å². The smallest absolute Gasteiger partial charge is 0.328 e. The molecule has 0 amide bonds. The van der Waals surface area contributed by atoms with Crippen LogP contribution in [0.3, 0.4) is 0 Å². The molecule has 3 aromatic rings. The first-order valence-electron chi connectivity index (χ1n) is 9.59. The topological polar surface area (TPSA) is 77.4 Å². The van der Waals surface area contributed by atoms with Crippen molar-refractivity contribution >= 4 is 5.97 Å². The first-order chi connectivity index (χ1) is 14.3. The molecule has 0 bridgehead atoms. The molecule has 0 spiro atoms. The number of pyridine rings is 1. The maximum absolute atomic E-state index is 12.9. The number of benzene rings is 1. The Bertz CT molecular complexity index is 981. The number of hydrogen-bond donors (Lipinski definition) is 0. The van der Waals surface area contributed by atoms with Gasteiger partial charge in [-0.3, -0.25) is 9.88 Å². The molecule has 7 nitrogen and oxygen atoms in total. The molecule has 148 valence electrons. The standard InChI is InChI=1S/C22H22N4O3/c1-2-28-22(27)20-19-13-24-15-25-21(19)29-11-10-26(20)14-17-6-3-4-8-18(17)16-7-5-9-23-12-16/h3-9,12-13,15,20H,2,10-11,14H2,1H3. The maximum atomic E-state index is 12.9. The predicted octanol–water partition coefficient (Wildman–Crippen LogP) is 3.04. The van der Waals surface area contributed by atoms with Crippen LogP contribution in [0.25, 0.3) is 11.1 Å². The summed E-state index contributed by atoms with van der Waals surface area (Å²) in [6.07, 6.45) is 6.66. The Hall–Kier alpha value is -3.32. The fraction of sp³-hybridized carbons (Fsp3) is 0.273. The molecule has 4 rings (SSSR count). The van der Waals surface area contributed by atoms with Crippen molar-refractivity contribution in [1.29, 1.82) is 0 Å². The summed E-state index contributed by atoms with van der Waals surface area (Å²) in [7, 11) is 0. The van der Waals surface area contributed by atoms with Crippen molar-refractivity contribution in [1.82, 2.24) is 19.9 Å². The van der Waals surface area contributed by atoms with Gasteiger partial charge in [-0.05, 0) is 24.1 Å². The van der Waals surface area contributed by atoms with E-state index in [0.717, 1.165) is 16.7 Å². The minimum Gasteiger partial charge on any atom is -0.476 e. The summed E-state index contributed by atoms with van der Waals surface area (Å²) in [4.78, 5) is 27.5. The molecule has 1 aliphatic heterocycles. The Labute approximate surface area is 169 Å². The van der Waals surface area contributed by atoms with Gasteiger partial charge < -0.3 is 9.47 Å². The molecule has 1 atom stereocenters. The van der Waals surface area contributed by atoms with E-state index in [2.05, 4.69) is 32.0 Å². The SMILES string of the molecule is CCOC(=O)C1c2cncnc2OCCN1Cc1ccccc1-c1cccnc1. The van der Waals surface area contributed by atoms with Crippen molar-refractivity contribution in [2.75, 3.05) is 19.8 Å². The van der Waals surface area contributed by atoms with Crippen LogP contribution in [0.15, 0.2) is 61.3 Å². The average Bonchev–Trinajstić information content (AvgIpc) is 2.94. The van der Waals surface area contributed by atoms with Crippen LogP contribution in [0.2, 0.25) is 0 Å². The second kappa shape index (κ2) is 8.79. The Kier molecular flexibility index (Phi) is 5.76. The summed E-state index contributed by atoms with van der Waals surface area (Å²) < 4.78 is 11.2. The van der Waals surface area contributed by atoms with E-state index >= 15 is 0 Å². The second-order valence-electron chi connectivity index (χ2n) is 6.66. The van der Waals surface area contributed by atoms with Crippen LogP contribution in [0.5, 0.6) is 5.88 Å². The number of rotatable bonds is 5. The van der Waals surface area contributed by atoms with E-state index in [1.165, 1.54) is 6.33 Å². The quantitative estimate of drug-likeness (QED) is 0.620. The number of nitrogens with zero attached hydrogens (tertiary/aromatic N) is 4. The number of fused-ring (bicyclic) bond motifs is 1. The normalized spacial score (nSPS) is 16.4. The summed E-state index contributed by atoms with van der Waals surface area (Å²) in [5.74, 6) is 0.106. The van der Waals surface area contributed by atoms with Gasteiger partial charge in [-0.15, -0.1) is 0 Å². The highest BCUT2D eigenvalue weighted by molar-refractivity contribution is 5.78. The van der Waals surface area contributed by atoms with Gasteiger partial charge in [0.15, 0.2) is 0 Å². The number of esters is 1. The van der Waals surface area contributed by atoms with Crippen LogP contribution in [-0.2, 0) is 16.1 Å². The highest BCUT2D eigenvalue weighted by Gasteiger charge is 2.35. The number of aromatic nitrogens is 3. The average molecular weight is 390 g/mol. The number of ether oxygens (including phenoxy) is 2. The summed E-state index contributed by atoms with van der Waals surface area (Å²) in [6, 6.07) is 11.5. The third-order valence-corrected chi connectivity index (χ3v) is 4.85. The van der Waals surface area contributed by atoms with Crippen LogP contribution in [0.4, 0.5) is 0 Å². The van der Waals surface area contributed by atoms with Crippen molar-refractivity contribution in [3.8, 4) is 17.0 Å². The lowest BCUT2D eigenvalue weighted by Crippen LogP contribution is -2.36. The van der Waals surface area contributed by atoms with Gasteiger partial charge in [0.1, 0.15) is 19.0 Å². The van der Waals surface area contributed by atoms with Gasteiger partial charge >= 0.3 is 5.97 Å². The number of carbonyl (C=O) groups excluding carboxylic acids is 1. The van der Waals surface area contributed by atoms with Crippen LogP contribution in [0.1, 0.15) is 24.1 Å². The molecule has 0 N–H and O–H groups in total. The molecule has 1 aliphatic rings. The molecule has 7 heteroatoms. The van der Waals surface area contributed by atoms with Crippen molar-refractivity contribution in [3.63, 3.8) is 0 Å². The summed E-state index contributed by atoms with van der Waals surface area (Å²) >= 11 is 0. The molecule has 1 unspecified atom stereocenters. The number of carbonyl (C=O) groups is 1. The van der Waals surface area contributed by atoms with Crippen LogP contribution >= 0.6 is 0 Å². The number of hydrogen-bond acceptors (Lipinski definition) is 7. The van der Waals surface area contributed by atoms with E-state index in [1.807, 2.05) is 30.5 Å². The molecule has 0 radical (unpaired) electrons. The minimum absolute atomic E-state index is 0.305. The van der Waals surface area contributed by atoms with E-state index in [-0.39, 0.29) is 5.97 Å². The molecule has 0 saturated carbocycles. The molecule has 2 aromatic heterocycles. The Morgan fingerprint density at radius 2 is 2.10 bits per heavy atom. The highest BCUT2D eigenvalue weighted by Crippen LogP contribution is 2.33. The van der Waals surface area contributed by atoms with Gasteiger partial charge in [0.05, 0.1) is 12.2 Å². The van der Waals surface area contributed by atoms with Crippen molar-refractivity contribution in [2.45, 2.75) is 19.5 Å². The van der Waals surface area contributed by atoms with Crippen molar-refractivity contribution < 1.29 is 14.3 Å². The van der Waals surface area contributed by atoms with Crippen molar-refractivity contribution in [3.05, 3.63) is 72.4 Å². The maximum Gasteiger partial charge on any atom is 0.328 e. The Balaban J connectivity index is 1.72. The summed E-state index contributed by atoms with van der Waals surface area (Å²) in [5.41, 5.74) is 3.83. The monoisotopic (exact) mass is 390 g/mol. The zero-order chi connectivity index (χ0) is 20.1. The van der Waals surface area contributed by atoms with E-state index in [0.29, 0.717) is 37.7 Å². The lowest BCUT2D eigenvalue weighted by Gasteiger charge is -2.28. The summed E-state index contributed by atoms with van der Waals surface area (Å²) in [6.45, 7) is 3.64. The van der Waals surface area contributed by atoms with E-state index in [4.69, 9.17) is 9.47 Å². The zero-order valence-corrected chi connectivity index (χ0v) is 16.2. The molecule has 0 aliphatic carbocycles. The fourth-order valence-electron chi connectivity index (χ4n) is 3.57. The highest BCUT2D eigenvalue weighted by atomic mass is 16.5. The van der Waals surface area contributed by atoms with Crippen LogP contribution < -0.4 is 4.74 Å². The molecule has 29 heavy (non-hydrogen) atoms. The van der Waals surface area contributed by atoms with Gasteiger partial charge in [-0.1, -0.05) is 30.3 Å². The van der Waals surface area contributed by atoms with E-state index < -0.39 is 6.04 Å². The van der Waals surface area contributed by atoms with Gasteiger partial charge in [-0.2, -0.15) is 0 Å². The molecule has 0 fully saturated rings. The lowest BCUT2D eigenvalue weighted by molar-refractivity contribution is -0.150. The molecule has 0 saturated heterocycles. The van der Waals surface area contributed by atoms with Gasteiger partial charge in [0, 0.05) is 37.2 Å². The Morgan fingerprint density at radius 3 is 2.93 bits per heavy atom. The molecular weight excluding hydrogens is 368 g/mol. The van der Waals surface area contributed by atoms with Crippen LogP contribution in [-0.4, -0.2) is 45.6 Å². The third-order valence-electron chi connectivity index (χ3n) is 4.85. The Morgan fingerprint density at radius 1 is 1.21 bits per heavy atom. The van der Waals surface area contributed by atoms with Crippen LogP contribution in [0, 0.1) is 0 Å². The first-order valence-corrected chi connectivity index (χ1v) is 9.59. The minimum atomic E-state index is -0.629. The third kappa shape index (κ3) is 4.09. The molecule has 3 heterocycles.